The van der Waals surface area contributed by atoms with Crippen LogP contribution in [0.3, 0.4) is 0 Å². The fraction of sp³-hybridized carbons (Fsp3) is 0.562. The first-order valence-electron chi connectivity index (χ1n) is 7.40. The molecule has 1 aromatic carbocycles. The van der Waals surface area contributed by atoms with Crippen LogP contribution >= 0.6 is 0 Å². The van der Waals surface area contributed by atoms with Crippen molar-refractivity contribution in [1.82, 2.24) is 10.6 Å². The highest BCUT2D eigenvalue weighted by Gasteiger charge is 2.03. The van der Waals surface area contributed by atoms with Crippen molar-refractivity contribution < 1.29 is 0 Å². The predicted octanol–water partition coefficient (Wildman–Crippen LogP) is 2.48. The molecule has 4 nitrogen and oxygen atoms in total. The Labute approximate surface area is 123 Å². The molecule has 1 rings (SSSR count). The molecule has 20 heavy (non-hydrogen) atoms. The van der Waals surface area contributed by atoms with Crippen LogP contribution in [0.2, 0.25) is 0 Å². The Kier molecular flexibility index (Phi) is 7.55. The topological polar surface area (TPSA) is 39.7 Å². The minimum absolute atomic E-state index is 0.452. The van der Waals surface area contributed by atoms with Crippen LogP contribution in [0.4, 0.5) is 5.69 Å². The molecule has 0 heterocycles. The average molecular weight is 276 g/mol. The van der Waals surface area contributed by atoms with Crippen molar-refractivity contribution in [2.24, 2.45) is 4.99 Å². The maximum absolute atomic E-state index is 4.23. The van der Waals surface area contributed by atoms with Gasteiger partial charge in [-0.3, -0.25) is 4.99 Å². The summed E-state index contributed by atoms with van der Waals surface area (Å²) >= 11 is 0. The molecular weight excluding hydrogens is 248 g/mol. The molecular formula is C16H28N4. The van der Waals surface area contributed by atoms with Gasteiger partial charge in [-0.2, -0.15) is 0 Å². The van der Waals surface area contributed by atoms with E-state index in [0.29, 0.717) is 6.04 Å². The molecule has 2 N–H and O–H groups in total. The quantitative estimate of drug-likeness (QED) is 0.456. The summed E-state index contributed by atoms with van der Waals surface area (Å²) in [5.41, 5.74) is 1.26. The normalized spacial score (nSPS) is 12.9. The number of hydrogen-bond acceptors (Lipinski definition) is 2. The third-order valence-corrected chi connectivity index (χ3v) is 3.38. The number of nitrogens with zero attached hydrogens (tertiary/aromatic N) is 2. The van der Waals surface area contributed by atoms with E-state index in [0.717, 1.165) is 31.9 Å². The Bertz CT molecular complexity index is 389. The van der Waals surface area contributed by atoms with E-state index < -0.39 is 0 Å². The summed E-state index contributed by atoms with van der Waals surface area (Å²) in [6.45, 7) is 6.28. The van der Waals surface area contributed by atoms with E-state index in [4.69, 9.17) is 0 Å². The lowest BCUT2D eigenvalue weighted by molar-refractivity contribution is 0.620. The Morgan fingerprint density at radius 3 is 2.60 bits per heavy atom. The molecule has 0 saturated carbocycles. The Morgan fingerprint density at radius 2 is 2.00 bits per heavy atom. The summed E-state index contributed by atoms with van der Waals surface area (Å²) in [6.07, 6.45) is 2.17. The van der Waals surface area contributed by atoms with Gasteiger partial charge in [0.05, 0.1) is 0 Å². The number of para-hydroxylation sites is 1. The minimum Gasteiger partial charge on any atom is -0.375 e. The highest BCUT2D eigenvalue weighted by atomic mass is 15.2. The van der Waals surface area contributed by atoms with Crippen LogP contribution in [0.5, 0.6) is 0 Å². The van der Waals surface area contributed by atoms with Crippen LogP contribution in [-0.4, -0.2) is 39.2 Å². The number of hydrogen-bond donors (Lipinski definition) is 2. The number of nitrogens with one attached hydrogen (secondary N) is 2. The lowest BCUT2D eigenvalue weighted by Crippen LogP contribution is -2.42. The van der Waals surface area contributed by atoms with E-state index in [2.05, 4.69) is 65.7 Å². The second kappa shape index (κ2) is 9.23. The number of benzene rings is 1. The molecule has 0 amide bonds. The van der Waals surface area contributed by atoms with Crippen molar-refractivity contribution in [3.63, 3.8) is 0 Å². The first-order chi connectivity index (χ1) is 9.67. The fourth-order valence-electron chi connectivity index (χ4n) is 1.86. The monoisotopic (exact) mass is 276 g/mol. The van der Waals surface area contributed by atoms with Gasteiger partial charge >= 0.3 is 0 Å². The third-order valence-electron chi connectivity index (χ3n) is 3.38. The van der Waals surface area contributed by atoms with Crippen LogP contribution in [0.15, 0.2) is 35.3 Å². The van der Waals surface area contributed by atoms with Crippen molar-refractivity contribution in [1.29, 1.82) is 0 Å². The average Bonchev–Trinajstić information content (AvgIpc) is 2.50. The minimum atomic E-state index is 0.452. The summed E-state index contributed by atoms with van der Waals surface area (Å²) in [7, 11) is 3.94. The zero-order valence-electron chi connectivity index (χ0n) is 13.2. The summed E-state index contributed by atoms with van der Waals surface area (Å²) < 4.78 is 0. The maximum Gasteiger partial charge on any atom is 0.191 e. The Hall–Kier alpha value is -1.71. The van der Waals surface area contributed by atoms with Crippen LogP contribution in [0.25, 0.3) is 0 Å². The van der Waals surface area contributed by atoms with Crippen molar-refractivity contribution >= 4 is 11.6 Å². The molecule has 1 unspecified atom stereocenters. The zero-order chi connectivity index (χ0) is 14.8. The molecule has 0 aliphatic heterocycles. The largest absolute Gasteiger partial charge is 0.375 e. The molecule has 0 bridgehead atoms. The molecule has 1 aromatic rings. The molecule has 0 radical (unpaired) electrons. The summed E-state index contributed by atoms with van der Waals surface area (Å²) in [6, 6.07) is 10.9. The molecule has 4 heteroatoms. The van der Waals surface area contributed by atoms with Crippen LogP contribution in [-0.2, 0) is 0 Å². The van der Waals surface area contributed by atoms with E-state index in [1.54, 1.807) is 0 Å². The second-order valence-corrected chi connectivity index (χ2v) is 5.06. The van der Waals surface area contributed by atoms with E-state index >= 15 is 0 Å². The van der Waals surface area contributed by atoms with E-state index in [9.17, 15) is 0 Å². The number of anilines is 1. The van der Waals surface area contributed by atoms with Gasteiger partial charge in [0.25, 0.3) is 0 Å². The molecule has 0 spiro atoms. The highest BCUT2D eigenvalue weighted by molar-refractivity contribution is 5.79. The van der Waals surface area contributed by atoms with Gasteiger partial charge in [0.15, 0.2) is 5.96 Å². The van der Waals surface area contributed by atoms with Gasteiger partial charge in [0.2, 0.25) is 0 Å². The van der Waals surface area contributed by atoms with Crippen LogP contribution in [0, 0.1) is 0 Å². The van der Waals surface area contributed by atoms with Gasteiger partial charge in [-0.1, -0.05) is 25.1 Å². The molecule has 112 valence electrons. The van der Waals surface area contributed by atoms with Gasteiger partial charge in [0.1, 0.15) is 0 Å². The fourth-order valence-corrected chi connectivity index (χ4v) is 1.86. The molecule has 0 aliphatic carbocycles. The van der Waals surface area contributed by atoms with Crippen LogP contribution < -0.4 is 15.5 Å². The summed E-state index contributed by atoms with van der Waals surface area (Å²) in [4.78, 5) is 6.50. The van der Waals surface area contributed by atoms with E-state index in [-0.39, 0.29) is 0 Å². The molecule has 0 fully saturated rings. The van der Waals surface area contributed by atoms with Gasteiger partial charge in [-0.15, -0.1) is 0 Å². The third kappa shape index (κ3) is 5.95. The standard InChI is InChI=1S/C16H28N4/c1-5-14(2)19-16(17-3)18-12-9-13-20(4)15-10-7-6-8-11-15/h6-8,10-11,14H,5,9,12-13H2,1-4H3,(H2,17,18,19). The predicted molar refractivity (Wildman–Crippen MR) is 88.6 cm³/mol. The Morgan fingerprint density at radius 1 is 1.30 bits per heavy atom. The SMILES string of the molecule is CCC(C)NC(=NC)NCCCN(C)c1ccccc1. The van der Waals surface area contributed by atoms with Gasteiger partial charge in [-0.05, 0) is 31.9 Å². The zero-order valence-corrected chi connectivity index (χ0v) is 13.2. The lowest BCUT2D eigenvalue weighted by atomic mass is 10.2. The van der Waals surface area contributed by atoms with Gasteiger partial charge in [0, 0.05) is 38.9 Å². The van der Waals surface area contributed by atoms with Crippen molar-refractivity contribution in [3.8, 4) is 0 Å². The first-order valence-corrected chi connectivity index (χ1v) is 7.40. The molecule has 0 aliphatic rings. The van der Waals surface area contributed by atoms with Crippen molar-refractivity contribution in [2.75, 3.05) is 32.1 Å². The molecule has 0 saturated heterocycles. The highest BCUT2D eigenvalue weighted by Crippen LogP contribution is 2.10. The summed E-state index contributed by atoms with van der Waals surface area (Å²) in [5, 5.41) is 6.72. The number of guanidine groups is 1. The summed E-state index contributed by atoms with van der Waals surface area (Å²) in [5.74, 6) is 0.890. The molecule has 1 atom stereocenters. The lowest BCUT2D eigenvalue weighted by Gasteiger charge is -2.20. The first kappa shape index (κ1) is 16.3. The number of rotatable bonds is 7. The number of aliphatic imine (C=N–C) groups is 1. The smallest absolute Gasteiger partial charge is 0.191 e. The van der Waals surface area contributed by atoms with Gasteiger partial charge < -0.3 is 15.5 Å². The second-order valence-electron chi connectivity index (χ2n) is 5.06. The van der Waals surface area contributed by atoms with E-state index in [1.165, 1.54) is 5.69 Å². The Balaban J connectivity index is 2.24. The molecule has 0 aromatic heterocycles. The van der Waals surface area contributed by atoms with E-state index in [1.807, 2.05) is 13.1 Å². The maximum atomic E-state index is 4.23. The van der Waals surface area contributed by atoms with Crippen molar-refractivity contribution in [3.05, 3.63) is 30.3 Å². The van der Waals surface area contributed by atoms with Gasteiger partial charge in [-0.25, -0.2) is 0 Å². The van der Waals surface area contributed by atoms with Crippen molar-refractivity contribution in [2.45, 2.75) is 32.7 Å². The van der Waals surface area contributed by atoms with Crippen LogP contribution in [0.1, 0.15) is 26.7 Å².